The Balaban J connectivity index is 1.43. The van der Waals surface area contributed by atoms with Gasteiger partial charge in [0.25, 0.3) is 11.8 Å². The summed E-state index contributed by atoms with van der Waals surface area (Å²) in [5.41, 5.74) is 4.55. The van der Waals surface area contributed by atoms with Gasteiger partial charge in [0, 0.05) is 41.3 Å². The second kappa shape index (κ2) is 10.1. The molecule has 3 aromatic carbocycles. The van der Waals surface area contributed by atoms with E-state index in [4.69, 9.17) is 0 Å². The molecule has 2 amide bonds. The van der Waals surface area contributed by atoms with Crippen molar-refractivity contribution < 1.29 is 9.59 Å². The van der Waals surface area contributed by atoms with Crippen LogP contribution >= 0.6 is 0 Å². The van der Waals surface area contributed by atoms with Crippen LogP contribution in [0.3, 0.4) is 0 Å². The first kappa shape index (κ1) is 21.6. The van der Waals surface area contributed by atoms with E-state index >= 15 is 0 Å². The van der Waals surface area contributed by atoms with Gasteiger partial charge in [-0.3, -0.25) is 9.59 Å². The molecule has 1 aliphatic rings. The quantitative estimate of drug-likeness (QED) is 0.534. The van der Waals surface area contributed by atoms with Crippen LogP contribution in [0.5, 0.6) is 0 Å². The van der Waals surface area contributed by atoms with Crippen LogP contribution in [0.4, 0.5) is 17.1 Å². The van der Waals surface area contributed by atoms with Crippen molar-refractivity contribution in [1.29, 1.82) is 0 Å². The molecule has 0 radical (unpaired) electrons. The smallest absolute Gasteiger partial charge is 0.255 e. The molecule has 0 saturated carbocycles. The number of amides is 2. The molecule has 0 atom stereocenters. The summed E-state index contributed by atoms with van der Waals surface area (Å²) >= 11 is 0. The van der Waals surface area contributed by atoms with E-state index < -0.39 is 0 Å². The lowest BCUT2D eigenvalue weighted by atomic mass is 10.1. The van der Waals surface area contributed by atoms with Gasteiger partial charge in [-0.05, 0) is 73.9 Å². The van der Waals surface area contributed by atoms with E-state index in [0.29, 0.717) is 16.8 Å². The highest BCUT2D eigenvalue weighted by molar-refractivity contribution is 6.07. The topological polar surface area (TPSA) is 61.4 Å². The highest BCUT2D eigenvalue weighted by atomic mass is 16.2. The van der Waals surface area contributed by atoms with Crippen LogP contribution in [-0.2, 0) is 0 Å². The number of rotatable bonds is 5. The van der Waals surface area contributed by atoms with Gasteiger partial charge in [0.05, 0.1) is 0 Å². The normalized spacial score (nSPS) is 13.8. The minimum Gasteiger partial charge on any atom is -0.372 e. The number of carbonyl (C=O) groups is 2. The first-order chi connectivity index (χ1) is 15.6. The first-order valence-corrected chi connectivity index (χ1v) is 11.2. The zero-order chi connectivity index (χ0) is 22.3. The number of anilines is 3. The fourth-order valence-electron chi connectivity index (χ4n) is 3.97. The Kier molecular flexibility index (Phi) is 6.85. The van der Waals surface area contributed by atoms with E-state index in [2.05, 4.69) is 27.7 Å². The number of nitrogens with zero attached hydrogens (tertiary/aromatic N) is 1. The standard InChI is InChI=1S/C27H29N3O2/c1-20-11-12-22(19-25(20)29-26(31)21-9-5-4-6-10-21)27(32)28-23-13-15-24(16-14-23)30-17-7-2-3-8-18-30/h4-6,9-16,19H,2-3,7-8,17-18H2,1H3,(H,28,32)(H,29,31). The Morgan fingerprint density at radius 1 is 0.719 bits per heavy atom. The van der Waals surface area contributed by atoms with Crippen LogP contribution in [0.1, 0.15) is 52.0 Å². The summed E-state index contributed by atoms with van der Waals surface area (Å²) in [6, 6.07) is 22.4. The van der Waals surface area contributed by atoms with Crippen LogP contribution < -0.4 is 15.5 Å². The molecule has 1 fully saturated rings. The Hall–Kier alpha value is -3.60. The van der Waals surface area contributed by atoms with Crippen LogP contribution in [-0.4, -0.2) is 24.9 Å². The molecule has 0 aromatic heterocycles. The van der Waals surface area contributed by atoms with E-state index in [9.17, 15) is 9.59 Å². The van der Waals surface area contributed by atoms with Gasteiger partial charge in [-0.15, -0.1) is 0 Å². The molecular formula is C27H29N3O2. The van der Waals surface area contributed by atoms with Crippen molar-refractivity contribution in [2.24, 2.45) is 0 Å². The molecule has 5 nitrogen and oxygen atoms in total. The Morgan fingerprint density at radius 3 is 2.06 bits per heavy atom. The van der Waals surface area contributed by atoms with Gasteiger partial charge in [-0.25, -0.2) is 0 Å². The Labute approximate surface area is 189 Å². The molecule has 5 heteroatoms. The first-order valence-electron chi connectivity index (χ1n) is 11.2. The van der Waals surface area contributed by atoms with Crippen molar-refractivity contribution in [1.82, 2.24) is 0 Å². The van der Waals surface area contributed by atoms with E-state index in [1.165, 1.54) is 31.4 Å². The predicted molar refractivity (Wildman–Crippen MR) is 131 cm³/mol. The van der Waals surface area contributed by atoms with E-state index in [-0.39, 0.29) is 11.8 Å². The average molecular weight is 428 g/mol. The maximum atomic E-state index is 12.8. The summed E-state index contributed by atoms with van der Waals surface area (Å²) in [6.07, 6.45) is 5.06. The number of nitrogens with one attached hydrogen (secondary N) is 2. The zero-order valence-electron chi connectivity index (χ0n) is 18.4. The number of carbonyl (C=O) groups excluding carboxylic acids is 2. The van der Waals surface area contributed by atoms with Crippen LogP contribution in [0.25, 0.3) is 0 Å². The second-order valence-electron chi connectivity index (χ2n) is 8.25. The molecular weight excluding hydrogens is 398 g/mol. The van der Waals surface area contributed by atoms with Gasteiger partial charge in [0.1, 0.15) is 0 Å². The second-order valence-corrected chi connectivity index (χ2v) is 8.25. The van der Waals surface area contributed by atoms with Crippen molar-refractivity contribution >= 4 is 28.9 Å². The third-order valence-corrected chi connectivity index (χ3v) is 5.88. The minimum atomic E-state index is -0.206. The maximum Gasteiger partial charge on any atom is 0.255 e. The van der Waals surface area contributed by atoms with E-state index in [1.807, 2.05) is 43.3 Å². The summed E-state index contributed by atoms with van der Waals surface area (Å²) in [5.74, 6) is -0.405. The number of benzene rings is 3. The van der Waals surface area contributed by atoms with Crippen molar-refractivity contribution in [3.63, 3.8) is 0 Å². The van der Waals surface area contributed by atoms with E-state index in [0.717, 1.165) is 24.3 Å². The monoisotopic (exact) mass is 427 g/mol. The fourth-order valence-corrected chi connectivity index (χ4v) is 3.97. The third-order valence-electron chi connectivity index (χ3n) is 5.88. The van der Waals surface area contributed by atoms with Crippen LogP contribution in [0.15, 0.2) is 72.8 Å². The number of hydrogen-bond acceptors (Lipinski definition) is 3. The van der Waals surface area contributed by atoms with Gasteiger partial charge < -0.3 is 15.5 Å². The predicted octanol–water partition coefficient (Wildman–Crippen LogP) is 5.88. The van der Waals surface area contributed by atoms with E-state index in [1.54, 1.807) is 24.3 Å². The van der Waals surface area contributed by atoms with Crippen LogP contribution in [0.2, 0.25) is 0 Å². The van der Waals surface area contributed by atoms with Crippen molar-refractivity contribution in [3.05, 3.63) is 89.5 Å². The molecule has 0 unspecified atom stereocenters. The molecule has 32 heavy (non-hydrogen) atoms. The third kappa shape index (κ3) is 5.35. The van der Waals surface area contributed by atoms with Gasteiger partial charge in [-0.2, -0.15) is 0 Å². The molecule has 2 N–H and O–H groups in total. The van der Waals surface area contributed by atoms with Gasteiger partial charge in [0.15, 0.2) is 0 Å². The van der Waals surface area contributed by atoms with Crippen molar-refractivity contribution in [2.75, 3.05) is 28.6 Å². The SMILES string of the molecule is Cc1ccc(C(=O)Nc2ccc(N3CCCCCC3)cc2)cc1NC(=O)c1ccccc1. The van der Waals surface area contributed by atoms with Crippen molar-refractivity contribution in [3.8, 4) is 0 Å². The van der Waals surface area contributed by atoms with Crippen molar-refractivity contribution in [2.45, 2.75) is 32.6 Å². The highest BCUT2D eigenvalue weighted by Crippen LogP contribution is 2.23. The van der Waals surface area contributed by atoms with Gasteiger partial charge in [0.2, 0.25) is 0 Å². The maximum absolute atomic E-state index is 12.8. The van der Waals surface area contributed by atoms with Gasteiger partial charge in [-0.1, -0.05) is 37.1 Å². The lowest BCUT2D eigenvalue weighted by Crippen LogP contribution is -2.23. The average Bonchev–Trinajstić information content (AvgIpc) is 3.11. The minimum absolute atomic E-state index is 0.199. The summed E-state index contributed by atoms with van der Waals surface area (Å²) < 4.78 is 0. The highest BCUT2D eigenvalue weighted by Gasteiger charge is 2.13. The number of aryl methyl sites for hydroxylation is 1. The molecule has 164 valence electrons. The molecule has 0 bridgehead atoms. The summed E-state index contributed by atoms with van der Waals surface area (Å²) in [5, 5.41) is 5.87. The molecule has 3 aromatic rings. The fraction of sp³-hybridized carbons (Fsp3) is 0.259. The Bertz CT molecular complexity index is 1070. The zero-order valence-corrected chi connectivity index (χ0v) is 18.4. The lowest BCUT2D eigenvalue weighted by molar-refractivity contribution is 0.101. The summed E-state index contributed by atoms with van der Waals surface area (Å²) in [4.78, 5) is 27.8. The van der Waals surface area contributed by atoms with Gasteiger partial charge >= 0.3 is 0 Å². The molecule has 0 aliphatic carbocycles. The molecule has 1 heterocycles. The summed E-state index contributed by atoms with van der Waals surface area (Å²) in [6.45, 7) is 4.09. The Morgan fingerprint density at radius 2 is 1.38 bits per heavy atom. The molecule has 1 saturated heterocycles. The number of hydrogen-bond donors (Lipinski definition) is 2. The molecule has 0 spiro atoms. The lowest BCUT2D eigenvalue weighted by Gasteiger charge is -2.22. The largest absolute Gasteiger partial charge is 0.372 e. The molecule has 1 aliphatic heterocycles. The summed E-state index contributed by atoms with van der Waals surface area (Å²) in [7, 11) is 0. The molecule has 4 rings (SSSR count). The van der Waals surface area contributed by atoms with Crippen LogP contribution in [0, 0.1) is 6.92 Å².